The van der Waals surface area contributed by atoms with E-state index in [4.69, 9.17) is 4.74 Å². The molecular formula is C14H20N2O. The van der Waals surface area contributed by atoms with E-state index in [-0.39, 0.29) is 0 Å². The first kappa shape index (κ1) is 12.1. The number of aliphatic imine (C=N–C) groups is 1. The Kier molecular flexibility index (Phi) is 4.15. The molecule has 2 rings (SSSR count). The summed E-state index contributed by atoms with van der Waals surface area (Å²) in [5.41, 5.74) is 2.11. The quantitative estimate of drug-likeness (QED) is 0.746. The fraction of sp³-hybridized carbons (Fsp3) is 0.500. The molecule has 0 bridgehead atoms. The molecule has 17 heavy (non-hydrogen) atoms. The Labute approximate surface area is 103 Å². The number of likely N-dealkylation sites (tertiary alicyclic amines) is 1. The summed E-state index contributed by atoms with van der Waals surface area (Å²) in [4.78, 5) is 6.91. The van der Waals surface area contributed by atoms with Gasteiger partial charge in [0, 0.05) is 12.8 Å². The maximum atomic E-state index is 5.32. The van der Waals surface area contributed by atoms with Crippen LogP contribution in [0.4, 0.5) is 5.69 Å². The van der Waals surface area contributed by atoms with Crippen molar-refractivity contribution in [2.45, 2.75) is 19.8 Å². The summed E-state index contributed by atoms with van der Waals surface area (Å²) in [5.74, 6) is 0.850. The molecule has 1 aliphatic heterocycles. The van der Waals surface area contributed by atoms with Crippen LogP contribution in [0.25, 0.3) is 0 Å². The van der Waals surface area contributed by atoms with Gasteiger partial charge in [-0.2, -0.15) is 0 Å². The van der Waals surface area contributed by atoms with E-state index in [0.29, 0.717) is 0 Å². The number of aryl methyl sites for hydroxylation is 1. The predicted molar refractivity (Wildman–Crippen MR) is 71.6 cm³/mol. The van der Waals surface area contributed by atoms with Crippen molar-refractivity contribution in [3.8, 4) is 5.75 Å². The van der Waals surface area contributed by atoms with Crippen LogP contribution in [0.3, 0.4) is 0 Å². The standard InChI is InChI=1S/C14H20N2O/c1-12-5-6-13(14(11-12)17-2)15-7-10-16-8-3-4-9-16/h5-7,11H,3-4,8-10H2,1-2H3. The second-order valence-corrected chi connectivity index (χ2v) is 4.49. The summed E-state index contributed by atoms with van der Waals surface area (Å²) < 4.78 is 5.32. The molecule has 0 amide bonds. The number of methoxy groups -OCH3 is 1. The third kappa shape index (κ3) is 3.30. The maximum absolute atomic E-state index is 5.32. The van der Waals surface area contributed by atoms with Crippen LogP contribution < -0.4 is 4.74 Å². The third-order valence-electron chi connectivity index (χ3n) is 3.10. The van der Waals surface area contributed by atoms with Gasteiger partial charge in [-0.15, -0.1) is 0 Å². The van der Waals surface area contributed by atoms with Crippen molar-refractivity contribution in [3.63, 3.8) is 0 Å². The molecule has 1 aliphatic rings. The molecule has 0 aromatic heterocycles. The smallest absolute Gasteiger partial charge is 0.144 e. The Hall–Kier alpha value is -1.35. The maximum Gasteiger partial charge on any atom is 0.144 e. The van der Waals surface area contributed by atoms with Crippen molar-refractivity contribution < 1.29 is 4.74 Å². The number of hydrogen-bond donors (Lipinski definition) is 0. The minimum absolute atomic E-state index is 0.850. The molecule has 0 spiro atoms. The molecule has 0 N–H and O–H groups in total. The van der Waals surface area contributed by atoms with Crippen LogP contribution in [0.2, 0.25) is 0 Å². The van der Waals surface area contributed by atoms with Gasteiger partial charge in [-0.25, -0.2) is 0 Å². The molecule has 1 fully saturated rings. The van der Waals surface area contributed by atoms with E-state index in [1.165, 1.54) is 31.5 Å². The highest BCUT2D eigenvalue weighted by atomic mass is 16.5. The van der Waals surface area contributed by atoms with Gasteiger partial charge in [0.25, 0.3) is 0 Å². The lowest BCUT2D eigenvalue weighted by atomic mass is 10.2. The Morgan fingerprint density at radius 3 is 2.82 bits per heavy atom. The van der Waals surface area contributed by atoms with Crippen LogP contribution in [0.15, 0.2) is 23.2 Å². The molecule has 0 aliphatic carbocycles. The molecule has 3 nitrogen and oxygen atoms in total. The van der Waals surface area contributed by atoms with E-state index in [1.54, 1.807) is 7.11 Å². The summed E-state index contributed by atoms with van der Waals surface area (Å²) in [5, 5.41) is 0. The summed E-state index contributed by atoms with van der Waals surface area (Å²) in [6.07, 6.45) is 4.63. The Bertz CT molecular complexity index is 395. The molecule has 0 unspecified atom stereocenters. The lowest BCUT2D eigenvalue weighted by Gasteiger charge is -2.10. The van der Waals surface area contributed by atoms with Gasteiger partial charge in [0.1, 0.15) is 11.4 Å². The molecule has 3 heteroatoms. The summed E-state index contributed by atoms with van der Waals surface area (Å²) >= 11 is 0. The van der Waals surface area contributed by atoms with Gasteiger partial charge >= 0.3 is 0 Å². The van der Waals surface area contributed by atoms with E-state index < -0.39 is 0 Å². The third-order valence-corrected chi connectivity index (χ3v) is 3.10. The van der Waals surface area contributed by atoms with Crippen LogP contribution >= 0.6 is 0 Å². The summed E-state index contributed by atoms with van der Waals surface area (Å²) in [6.45, 7) is 5.41. The van der Waals surface area contributed by atoms with Crippen molar-refractivity contribution in [2.75, 3.05) is 26.7 Å². The van der Waals surface area contributed by atoms with E-state index in [9.17, 15) is 0 Å². The van der Waals surface area contributed by atoms with E-state index in [1.807, 2.05) is 18.3 Å². The van der Waals surface area contributed by atoms with Gasteiger partial charge in [-0.3, -0.25) is 9.89 Å². The molecule has 0 saturated carbocycles. The van der Waals surface area contributed by atoms with Crippen molar-refractivity contribution in [1.29, 1.82) is 0 Å². The van der Waals surface area contributed by atoms with Crippen molar-refractivity contribution in [1.82, 2.24) is 4.90 Å². The van der Waals surface area contributed by atoms with Gasteiger partial charge in [0.2, 0.25) is 0 Å². The highest BCUT2D eigenvalue weighted by Gasteiger charge is 2.09. The predicted octanol–water partition coefficient (Wildman–Crippen LogP) is 2.80. The van der Waals surface area contributed by atoms with Gasteiger partial charge in [-0.05, 0) is 50.6 Å². The molecular weight excluding hydrogens is 212 g/mol. The van der Waals surface area contributed by atoms with Crippen LogP contribution in [-0.2, 0) is 0 Å². The topological polar surface area (TPSA) is 24.8 Å². The Balaban J connectivity index is 1.99. The zero-order valence-electron chi connectivity index (χ0n) is 10.6. The number of nitrogens with zero attached hydrogens (tertiary/aromatic N) is 2. The number of hydrogen-bond acceptors (Lipinski definition) is 3. The molecule has 92 valence electrons. The van der Waals surface area contributed by atoms with Gasteiger partial charge < -0.3 is 4.74 Å². The Morgan fingerprint density at radius 1 is 1.35 bits per heavy atom. The second kappa shape index (κ2) is 5.82. The first-order chi connectivity index (χ1) is 8.29. The lowest BCUT2D eigenvalue weighted by Crippen LogP contribution is -2.21. The SMILES string of the molecule is COc1cc(C)ccc1N=CCN1CCCC1. The average Bonchev–Trinajstić information content (AvgIpc) is 2.84. The van der Waals surface area contributed by atoms with Gasteiger partial charge in [0.05, 0.1) is 7.11 Å². The van der Waals surface area contributed by atoms with E-state index >= 15 is 0 Å². The Morgan fingerprint density at radius 2 is 2.12 bits per heavy atom. The largest absolute Gasteiger partial charge is 0.494 e. The normalized spacial score (nSPS) is 16.8. The lowest BCUT2D eigenvalue weighted by molar-refractivity contribution is 0.391. The van der Waals surface area contributed by atoms with Crippen LogP contribution in [0.1, 0.15) is 18.4 Å². The summed E-state index contributed by atoms with van der Waals surface area (Å²) in [7, 11) is 1.69. The minimum Gasteiger partial charge on any atom is -0.494 e. The van der Waals surface area contributed by atoms with Gasteiger partial charge in [0.15, 0.2) is 0 Å². The van der Waals surface area contributed by atoms with Crippen LogP contribution in [0, 0.1) is 6.92 Å². The molecule has 0 atom stereocenters. The van der Waals surface area contributed by atoms with Crippen LogP contribution in [-0.4, -0.2) is 37.9 Å². The van der Waals surface area contributed by atoms with Crippen molar-refractivity contribution >= 4 is 11.9 Å². The van der Waals surface area contributed by atoms with Crippen molar-refractivity contribution in [3.05, 3.63) is 23.8 Å². The fourth-order valence-electron chi connectivity index (χ4n) is 2.11. The molecule has 1 saturated heterocycles. The molecule has 1 heterocycles. The number of benzene rings is 1. The second-order valence-electron chi connectivity index (χ2n) is 4.49. The first-order valence-corrected chi connectivity index (χ1v) is 6.19. The number of ether oxygens (including phenoxy) is 1. The van der Waals surface area contributed by atoms with E-state index in [0.717, 1.165) is 18.0 Å². The highest BCUT2D eigenvalue weighted by molar-refractivity contribution is 5.68. The average molecular weight is 232 g/mol. The zero-order chi connectivity index (χ0) is 12.1. The van der Waals surface area contributed by atoms with Crippen LogP contribution in [0.5, 0.6) is 5.75 Å². The van der Waals surface area contributed by atoms with E-state index in [2.05, 4.69) is 22.9 Å². The molecule has 1 aromatic rings. The molecule has 0 radical (unpaired) electrons. The first-order valence-electron chi connectivity index (χ1n) is 6.19. The zero-order valence-corrected chi connectivity index (χ0v) is 10.6. The summed E-state index contributed by atoms with van der Waals surface area (Å²) in [6, 6.07) is 6.09. The van der Waals surface area contributed by atoms with Gasteiger partial charge in [-0.1, -0.05) is 6.07 Å². The fourth-order valence-corrected chi connectivity index (χ4v) is 2.11. The minimum atomic E-state index is 0.850. The monoisotopic (exact) mass is 232 g/mol. The number of rotatable bonds is 4. The molecule has 1 aromatic carbocycles. The van der Waals surface area contributed by atoms with Crippen molar-refractivity contribution in [2.24, 2.45) is 4.99 Å². The highest BCUT2D eigenvalue weighted by Crippen LogP contribution is 2.27.